The van der Waals surface area contributed by atoms with Crippen LogP contribution in [0.15, 0.2) is 36.8 Å². The summed E-state index contributed by atoms with van der Waals surface area (Å²) >= 11 is 1.83. The van der Waals surface area contributed by atoms with Crippen LogP contribution in [0, 0.1) is 0 Å². The highest BCUT2D eigenvalue weighted by Gasteiger charge is 2.22. The summed E-state index contributed by atoms with van der Waals surface area (Å²) in [6.45, 7) is 4.33. The van der Waals surface area contributed by atoms with Crippen LogP contribution in [0.1, 0.15) is 41.0 Å². The fourth-order valence-electron chi connectivity index (χ4n) is 2.79. The second-order valence-corrected chi connectivity index (χ2v) is 6.96. The molecule has 0 unspecified atom stereocenters. The van der Waals surface area contributed by atoms with E-state index in [-0.39, 0.29) is 0 Å². The molecule has 106 valence electrons. The van der Waals surface area contributed by atoms with E-state index in [1.807, 2.05) is 17.7 Å². The van der Waals surface area contributed by atoms with Crippen molar-refractivity contribution in [1.29, 1.82) is 0 Å². The van der Waals surface area contributed by atoms with Gasteiger partial charge in [0.1, 0.15) is 0 Å². The van der Waals surface area contributed by atoms with Crippen molar-refractivity contribution in [1.82, 2.24) is 14.5 Å². The maximum Gasteiger partial charge on any atom is 0.0995 e. The van der Waals surface area contributed by atoms with Crippen molar-refractivity contribution in [2.45, 2.75) is 32.7 Å². The van der Waals surface area contributed by atoms with E-state index in [0.717, 1.165) is 18.5 Å². The van der Waals surface area contributed by atoms with Gasteiger partial charge in [0.05, 0.1) is 22.7 Å². The Hall–Kier alpha value is -1.94. The molecule has 0 fully saturated rings. The van der Waals surface area contributed by atoms with Crippen LogP contribution in [0.4, 0.5) is 0 Å². The van der Waals surface area contributed by atoms with Crippen molar-refractivity contribution >= 4 is 11.3 Å². The second kappa shape index (κ2) is 4.81. The zero-order chi connectivity index (χ0) is 14.4. The number of hydrogen-bond acceptors (Lipinski definition) is 3. The summed E-state index contributed by atoms with van der Waals surface area (Å²) in [5.74, 6) is 0. The van der Waals surface area contributed by atoms with Gasteiger partial charge in [-0.3, -0.25) is 0 Å². The molecule has 4 rings (SSSR count). The number of aromatic nitrogens is 3. The van der Waals surface area contributed by atoms with E-state index >= 15 is 0 Å². The van der Waals surface area contributed by atoms with E-state index < -0.39 is 0 Å². The van der Waals surface area contributed by atoms with Gasteiger partial charge < -0.3 is 4.57 Å². The van der Waals surface area contributed by atoms with Gasteiger partial charge in [0.15, 0.2) is 0 Å². The van der Waals surface area contributed by atoms with Gasteiger partial charge in [0.2, 0.25) is 0 Å². The first-order chi connectivity index (χ1) is 10.2. The summed E-state index contributed by atoms with van der Waals surface area (Å²) in [6, 6.07) is 9.04. The quantitative estimate of drug-likeness (QED) is 0.570. The number of rotatable bonds is 3. The fraction of sp³-hybridized carbons (Fsp3) is 0.294. The molecule has 1 aliphatic carbocycles. The molecule has 0 N–H and O–H groups in total. The van der Waals surface area contributed by atoms with Gasteiger partial charge in [-0.15, -0.1) is 11.3 Å². The molecule has 0 spiro atoms. The first kappa shape index (κ1) is 12.8. The monoisotopic (exact) mass is 295 g/mol. The number of thiazole rings is 1. The maximum absolute atomic E-state index is 4.85. The van der Waals surface area contributed by atoms with E-state index in [1.165, 1.54) is 26.7 Å². The van der Waals surface area contributed by atoms with Crippen molar-refractivity contribution in [3.05, 3.63) is 57.9 Å². The van der Waals surface area contributed by atoms with Crippen molar-refractivity contribution in [3.63, 3.8) is 0 Å². The number of imidazole rings is 1. The van der Waals surface area contributed by atoms with Gasteiger partial charge in [-0.1, -0.05) is 24.3 Å². The Morgan fingerprint density at radius 1 is 1.29 bits per heavy atom. The lowest BCUT2D eigenvalue weighted by Gasteiger charge is -2.03. The lowest BCUT2D eigenvalue weighted by Crippen LogP contribution is -1.96. The van der Waals surface area contributed by atoms with E-state index in [9.17, 15) is 0 Å². The molecule has 3 aromatic rings. The Balaban J connectivity index is 1.61. The fourth-order valence-corrected chi connectivity index (χ4v) is 3.91. The standard InChI is InChI=1S/C17H17N3S/c1-11(2)20-9-13(18-10-20)8-16-19-17-14-6-4-3-5-12(14)7-15(17)21-16/h3-6,9-11H,7-8H2,1-2H3. The van der Waals surface area contributed by atoms with Gasteiger partial charge in [-0.25, -0.2) is 9.97 Å². The average Bonchev–Trinajstić information content (AvgIpc) is 3.13. The van der Waals surface area contributed by atoms with Crippen molar-refractivity contribution in [2.75, 3.05) is 0 Å². The van der Waals surface area contributed by atoms with Gasteiger partial charge in [0, 0.05) is 35.5 Å². The van der Waals surface area contributed by atoms with Crippen LogP contribution >= 0.6 is 11.3 Å². The molecule has 1 aromatic carbocycles. The summed E-state index contributed by atoms with van der Waals surface area (Å²) in [5.41, 5.74) is 5.00. The van der Waals surface area contributed by atoms with Crippen LogP contribution in [0.2, 0.25) is 0 Å². The molecule has 2 heterocycles. The lowest BCUT2D eigenvalue weighted by atomic mass is 10.1. The summed E-state index contributed by atoms with van der Waals surface area (Å²) in [7, 11) is 0. The molecule has 0 radical (unpaired) electrons. The molecule has 0 saturated carbocycles. The van der Waals surface area contributed by atoms with Crippen molar-refractivity contribution < 1.29 is 0 Å². The SMILES string of the molecule is CC(C)n1cnc(Cc2nc3c(s2)Cc2ccccc2-3)c1. The normalized spacial score (nSPS) is 12.7. The van der Waals surface area contributed by atoms with Crippen LogP contribution in [0.3, 0.4) is 0 Å². The molecule has 21 heavy (non-hydrogen) atoms. The summed E-state index contributed by atoms with van der Waals surface area (Å²) in [4.78, 5) is 10.7. The van der Waals surface area contributed by atoms with Gasteiger partial charge in [-0.2, -0.15) is 0 Å². The van der Waals surface area contributed by atoms with E-state index in [0.29, 0.717) is 6.04 Å². The smallest absolute Gasteiger partial charge is 0.0995 e. The van der Waals surface area contributed by atoms with Gasteiger partial charge in [0.25, 0.3) is 0 Å². The van der Waals surface area contributed by atoms with Crippen molar-refractivity contribution in [2.24, 2.45) is 0 Å². The highest BCUT2D eigenvalue weighted by atomic mass is 32.1. The van der Waals surface area contributed by atoms with E-state index in [2.05, 4.69) is 53.9 Å². The zero-order valence-electron chi connectivity index (χ0n) is 12.2. The van der Waals surface area contributed by atoms with Crippen LogP contribution in [0.25, 0.3) is 11.3 Å². The first-order valence-corrected chi connectivity index (χ1v) is 8.11. The van der Waals surface area contributed by atoms with Crippen LogP contribution in [-0.4, -0.2) is 14.5 Å². The molecule has 2 aromatic heterocycles. The highest BCUT2D eigenvalue weighted by molar-refractivity contribution is 7.12. The Kier molecular flexibility index (Phi) is 2.93. The number of fused-ring (bicyclic) bond motifs is 3. The predicted octanol–water partition coefficient (Wildman–Crippen LogP) is 4.08. The van der Waals surface area contributed by atoms with E-state index in [4.69, 9.17) is 4.98 Å². The third-order valence-electron chi connectivity index (χ3n) is 3.95. The Bertz CT molecular complexity index is 798. The average molecular weight is 295 g/mol. The molecule has 0 saturated heterocycles. The van der Waals surface area contributed by atoms with E-state index in [1.54, 1.807) is 0 Å². The van der Waals surface area contributed by atoms with Crippen LogP contribution in [0.5, 0.6) is 0 Å². The molecule has 1 aliphatic rings. The first-order valence-electron chi connectivity index (χ1n) is 7.30. The second-order valence-electron chi connectivity index (χ2n) is 5.80. The summed E-state index contributed by atoms with van der Waals surface area (Å²) < 4.78 is 2.14. The summed E-state index contributed by atoms with van der Waals surface area (Å²) in [6.07, 6.45) is 5.91. The molecule has 0 amide bonds. The Labute approximate surface area is 128 Å². The minimum atomic E-state index is 0.458. The third-order valence-corrected chi connectivity index (χ3v) is 5.00. The largest absolute Gasteiger partial charge is 0.335 e. The molecule has 0 aliphatic heterocycles. The molecule has 0 atom stereocenters. The minimum absolute atomic E-state index is 0.458. The summed E-state index contributed by atoms with van der Waals surface area (Å²) in [5, 5.41) is 1.17. The Morgan fingerprint density at radius 3 is 2.95 bits per heavy atom. The molecular formula is C17H17N3S. The molecular weight excluding hydrogens is 278 g/mol. The zero-order valence-corrected chi connectivity index (χ0v) is 13.0. The molecule has 4 heteroatoms. The molecule has 0 bridgehead atoms. The van der Waals surface area contributed by atoms with Crippen LogP contribution in [-0.2, 0) is 12.8 Å². The number of nitrogens with zero attached hydrogens (tertiary/aromatic N) is 3. The highest BCUT2D eigenvalue weighted by Crippen LogP contribution is 2.39. The van der Waals surface area contributed by atoms with Gasteiger partial charge in [-0.05, 0) is 19.4 Å². The topological polar surface area (TPSA) is 30.7 Å². The van der Waals surface area contributed by atoms with Crippen LogP contribution < -0.4 is 0 Å². The molecule has 3 nitrogen and oxygen atoms in total. The predicted molar refractivity (Wildman–Crippen MR) is 85.8 cm³/mol. The number of hydrogen-bond donors (Lipinski definition) is 0. The minimum Gasteiger partial charge on any atom is -0.335 e. The van der Waals surface area contributed by atoms with Gasteiger partial charge >= 0.3 is 0 Å². The lowest BCUT2D eigenvalue weighted by molar-refractivity contribution is 0.599. The number of benzene rings is 1. The third kappa shape index (κ3) is 2.20. The maximum atomic E-state index is 4.85. The Morgan fingerprint density at radius 2 is 2.14 bits per heavy atom. The van der Waals surface area contributed by atoms with Crippen molar-refractivity contribution in [3.8, 4) is 11.3 Å².